The van der Waals surface area contributed by atoms with Crippen LogP contribution in [0.4, 0.5) is 0 Å². The predicted octanol–water partition coefficient (Wildman–Crippen LogP) is 1.26. The first-order chi connectivity index (χ1) is 8.70. The molecule has 0 spiro atoms. The van der Waals surface area contributed by atoms with Gasteiger partial charge in [0.1, 0.15) is 6.04 Å². The van der Waals surface area contributed by atoms with E-state index in [9.17, 15) is 4.79 Å². The van der Waals surface area contributed by atoms with Crippen LogP contribution in [0.5, 0.6) is 0 Å². The number of piperidine rings is 2. The van der Waals surface area contributed by atoms with Gasteiger partial charge in [0.05, 0.1) is 7.11 Å². The van der Waals surface area contributed by atoms with Gasteiger partial charge in [0.15, 0.2) is 0 Å². The first-order valence-electron chi connectivity index (χ1n) is 7.23. The highest BCUT2D eigenvalue weighted by Gasteiger charge is 2.33. The first kappa shape index (κ1) is 13.8. The van der Waals surface area contributed by atoms with E-state index in [0.29, 0.717) is 11.8 Å². The highest BCUT2D eigenvalue weighted by molar-refractivity contribution is 5.75. The van der Waals surface area contributed by atoms with E-state index in [2.05, 4.69) is 17.1 Å². The fraction of sp³-hybridized carbons (Fsp3) is 0.929. The maximum atomic E-state index is 11.9. The lowest BCUT2D eigenvalue weighted by Gasteiger charge is -2.39. The number of likely N-dealkylation sites (tertiary alicyclic amines) is 1. The minimum absolute atomic E-state index is 0.0133. The third kappa shape index (κ3) is 3.45. The van der Waals surface area contributed by atoms with E-state index in [4.69, 9.17) is 4.74 Å². The maximum Gasteiger partial charge on any atom is 0.323 e. The minimum atomic E-state index is -0.0506. The minimum Gasteiger partial charge on any atom is -0.468 e. The van der Waals surface area contributed by atoms with Gasteiger partial charge in [0.25, 0.3) is 0 Å². The van der Waals surface area contributed by atoms with Crippen molar-refractivity contribution in [1.29, 1.82) is 0 Å². The Morgan fingerprint density at radius 2 is 2.28 bits per heavy atom. The molecule has 0 aromatic carbocycles. The number of carbonyl (C=O) groups is 1. The summed E-state index contributed by atoms with van der Waals surface area (Å²) >= 11 is 0. The molecule has 3 atom stereocenters. The van der Waals surface area contributed by atoms with Crippen molar-refractivity contribution < 1.29 is 9.53 Å². The molecule has 18 heavy (non-hydrogen) atoms. The Morgan fingerprint density at radius 3 is 2.94 bits per heavy atom. The molecule has 2 rings (SSSR count). The molecule has 3 unspecified atom stereocenters. The second-order valence-electron chi connectivity index (χ2n) is 5.88. The molecular formula is C14H26N2O2. The van der Waals surface area contributed by atoms with Gasteiger partial charge in [-0.05, 0) is 57.2 Å². The number of hydrogen-bond acceptors (Lipinski definition) is 4. The standard InChI is InChI=1S/C14H26N2O2/c1-11-5-7-16(13(8-11)14(17)18-2)10-12-4-3-6-15-9-12/h11-13,15H,3-10H2,1-2H3. The summed E-state index contributed by atoms with van der Waals surface area (Å²) in [6, 6.07) is -0.0133. The summed E-state index contributed by atoms with van der Waals surface area (Å²) in [6.07, 6.45) is 4.70. The molecule has 0 aromatic rings. The van der Waals surface area contributed by atoms with E-state index in [1.807, 2.05) is 0 Å². The van der Waals surface area contributed by atoms with Crippen molar-refractivity contribution >= 4 is 5.97 Å². The van der Waals surface area contributed by atoms with Crippen LogP contribution in [0.15, 0.2) is 0 Å². The topological polar surface area (TPSA) is 41.6 Å². The van der Waals surface area contributed by atoms with E-state index in [1.165, 1.54) is 26.4 Å². The lowest BCUT2D eigenvalue weighted by atomic mass is 9.90. The summed E-state index contributed by atoms with van der Waals surface area (Å²) in [5.74, 6) is 1.28. The number of hydrogen-bond donors (Lipinski definition) is 1. The van der Waals surface area contributed by atoms with Gasteiger partial charge in [0, 0.05) is 6.54 Å². The Labute approximate surface area is 110 Å². The summed E-state index contributed by atoms with van der Waals surface area (Å²) in [5, 5.41) is 3.45. The Bertz CT molecular complexity index is 277. The number of nitrogens with zero attached hydrogens (tertiary/aromatic N) is 1. The molecule has 1 N–H and O–H groups in total. The molecule has 0 bridgehead atoms. The molecule has 0 aliphatic carbocycles. The van der Waals surface area contributed by atoms with Crippen LogP contribution >= 0.6 is 0 Å². The van der Waals surface area contributed by atoms with Gasteiger partial charge in [-0.15, -0.1) is 0 Å². The Balaban J connectivity index is 1.92. The van der Waals surface area contributed by atoms with Gasteiger partial charge in [-0.1, -0.05) is 6.92 Å². The van der Waals surface area contributed by atoms with E-state index >= 15 is 0 Å². The Morgan fingerprint density at radius 1 is 1.44 bits per heavy atom. The molecular weight excluding hydrogens is 228 g/mol. The van der Waals surface area contributed by atoms with Gasteiger partial charge in [-0.25, -0.2) is 0 Å². The van der Waals surface area contributed by atoms with Crippen LogP contribution in [0.2, 0.25) is 0 Å². The third-order valence-corrected chi connectivity index (χ3v) is 4.34. The fourth-order valence-corrected chi connectivity index (χ4v) is 3.20. The lowest BCUT2D eigenvalue weighted by molar-refractivity contribution is -0.149. The highest BCUT2D eigenvalue weighted by atomic mass is 16.5. The van der Waals surface area contributed by atoms with Crippen LogP contribution < -0.4 is 5.32 Å². The average Bonchev–Trinajstić information content (AvgIpc) is 2.41. The van der Waals surface area contributed by atoms with Crippen molar-refractivity contribution in [3.8, 4) is 0 Å². The number of ether oxygens (including phenoxy) is 1. The zero-order chi connectivity index (χ0) is 13.0. The largest absolute Gasteiger partial charge is 0.468 e. The van der Waals surface area contributed by atoms with Gasteiger partial charge in [-0.2, -0.15) is 0 Å². The number of esters is 1. The van der Waals surface area contributed by atoms with Crippen molar-refractivity contribution in [1.82, 2.24) is 10.2 Å². The molecule has 2 aliphatic rings. The molecule has 2 heterocycles. The molecule has 2 saturated heterocycles. The van der Waals surface area contributed by atoms with E-state index in [1.54, 1.807) is 0 Å². The predicted molar refractivity (Wildman–Crippen MR) is 71.4 cm³/mol. The molecule has 2 aliphatic heterocycles. The molecule has 104 valence electrons. The second-order valence-corrected chi connectivity index (χ2v) is 5.88. The third-order valence-electron chi connectivity index (χ3n) is 4.34. The second kappa shape index (κ2) is 6.53. The van der Waals surface area contributed by atoms with Crippen LogP contribution in [0, 0.1) is 11.8 Å². The molecule has 4 nitrogen and oxygen atoms in total. The van der Waals surface area contributed by atoms with Crippen molar-refractivity contribution in [3.05, 3.63) is 0 Å². The van der Waals surface area contributed by atoms with E-state index in [-0.39, 0.29) is 12.0 Å². The summed E-state index contributed by atoms with van der Waals surface area (Å²) in [4.78, 5) is 14.2. The van der Waals surface area contributed by atoms with Crippen LogP contribution in [0.3, 0.4) is 0 Å². The zero-order valence-corrected chi connectivity index (χ0v) is 11.7. The summed E-state index contributed by atoms with van der Waals surface area (Å²) in [5.41, 5.74) is 0. The molecule has 2 fully saturated rings. The van der Waals surface area contributed by atoms with Gasteiger partial charge >= 0.3 is 5.97 Å². The zero-order valence-electron chi connectivity index (χ0n) is 11.7. The fourth-order valence-electron chi connectivity index (χ4n) is 3.20. The normalized spacial score (nSPS) is 34.2. The van der Waals surface area contributed by atoms with E-state index < -0.39 is 0 Å². The molecule has 0 aromatic heterocycles. The smallest absolute Gasteiger partial charge is 0.323 e. The van der Waals surface area contributed by atoms with Gasteiger partial charge in [0.2, 0.25) is 0 Å². The van der Waals surface area contributed by atoms with E-state index in [0.717, 1.165) is 32.6 Å². The molecule has 4 heteroatoms. The highest BCUT2D eigenvalue weighted by Crippen LogP contribution is 2.25. The van der Waals surface area contributed by atoms with Crippen molar-refractivity contribution in [2.45, 2.75) is 38.6 Å². The monoisotopic (exact) mass is 254 g/mol. The van der Waals surface area contributed by atoms with Crippen molar-refractivity contribution in [2.75, 3.05) is 33.3 Å². The van der Waals surface area contributed by atoms with Crippen LogP contribution in [-0.4, -0.2) is 50.2 Å². The Hall–Kier alpha value is -0.610. The number of nitrogens with one attached hydrogen (secondary N) is 1. The first-order valence-corrected chi connectivity index (χ1v) is 7.23. The SMILES string of the molecule is COC(=O)C1CC(C)CCN1CC1CCCNC1. The van der Waals surface area contributed by atoms with Gasteiger partial charge < -0.3 is 10.1 Å². The molecule has 0 amide bonds. The van der Waals surface area contributed by atoms with Crippen LogP contribution in [0.25, 0.3) is 0 Å². The molecule has 0 radical (unpaired) electrons. The van der Waals surface area contributed by atoms with Crippen molar-refractivity contribution in [3.63, 3.8) is 0 Å². The summed E-state index contributed by atoms with van der Waals surface area (Å²) in [6.45, 7) is 6.56. The summed E-state index contributed by atoms with van der Waals surface area (Å²) < 4.78 is 4.96. The maximum absolute atomic E-state index is 11.9. The summed E-state index contributed by atoms with van der Waals surface area (Å²) in [7, 11) is 1.50. The average molecular weight is 254 g/mol. The van der Waals surface area contributed by atoms with Crippen molar-refractivity contribution in [2.24, 2.45) is 11.8 Å². The van der Waals surface area contributed by atoms with Crippen LogP contribution in [-0.2, 0) is 9.53 Å². The van der Waals surface area contributed by atoms with Gasteiger partial charge in [-0.3, -0.25) is 9.69 Å². The molecule has 0 saturated carbocycles. The Kier molecular flexibility index (Phi) is 5.01. The lowest BCUT2D eigenvalue weighted by Crippen LogP contribution is -2.50. The number of carbonyl (C=O) groups excluding carboxylic acids is 1. The number of rotatable bonds is 3. The van der Waals surface area contributed by atoms with Crippen LogP contribution in [0.1, 0.15) is 32.6 Å². The number of methoxy groups -OCH3 is 1. The quantitative estimate of drug-likeness (QED) is 0.770.